The Morgan fingerprint density at radius 3 is 2.67 bits per heavy atom. The molecule has 3 rings (SSSR count). The lowest BCUT2D eigenvalue weighted by Gasteiger charge is -2.06. The Bertz CT molecular complexity index is 927. The smallest absolute Gasteiger partial charge is 0.374 e. The number of benzene rings is 1. The van der Waals surface area contributed by atoms with Gasteiger partial charge in [-0.15, -0.1) is 0 Å². The van der Waals surface area contributed by atoms with E-state index in [-0.39, 0.29) is 17.5 Å². The van der Waals surface area contributed by atoms with Gasteiger partial charge in [0.25, 0.3) is 5.91 Å². The fraction of sp³-hybridized carbons (Fsp3) is 0.105. The third-order valence-corrected chi connectivity index (χ3v) is 3.66. The molecule has 0 aliphatic rings. The normalized spacial score (nSPS) is 10.3. The maximum atomic E-state index is 12.0. The molecule has 0 unspecified atom stereocenters. The molecule has 1 amide bonds. The Labute approximate surface area is 159 Å². The molecule has 1 aromatic carbocycles. The van der Waals surface area contributed by atoms with E-state index in [9.17, 15) is 9.59 Å². The largest absolute Gasteiger partial charge is 0.486 e. The first-order chi connectivity index (χ1) is 13.1. The van der Waals surface area contributed by atoms with Crippen molar-refractivity contribution < 1.29 is 23.5 Å². The molecule has 8 heteroatoms. The number of hydrogen-bond acceptors (Lipinski definition) is 6. The molecular formula is C19H15ClN2O5. The topological polar surface area (TPSA) is 90.7 Å². The molecule has 0 fully saturated rings. The lowest BCUT2D eigenvalue weighted by molar-refractivity contribution is -0.119. The molecular weight excluding hydrogens is 372 g/mol. The van der Waals surface area contributed by atoms with Gasteiger partial charge < -0.3 is 19.2 Å². The van der Waals surface area contributed by atoms with E-state index in [0.29, 0.717) is 17.2 Å². The average Bonchev–Trinajstić information content (AvgIpc) is 3.16. The number of amides is 1. The summed E-state index contributed by atoms with van der Waals surface area (Å²) in [5.74, 6) is -0.180. The summed E-state index contributed by atoms with van der Waals surface area (Å²) in [4.78, 5) is 27.7. The third-order valence-electron chi connectivity index (χ3n) is 3.35. The average molecular weight is 387 g/mol. The molecule has 0 bridgehead atoms. The van der Waals surface area contributed by atoms with Gasteiger partial charge in [-0.3, -0.25) is 4.79 Å². The quantitative estimate of drug-likeness (QED) is 0.491. The monoisotopic (exact) mass is 386 g/mol. The number of pyridine rings is 1. The Hall–Kier alpha value is -3.32. The molecule has 0 radical (unpaired) electrons. The molecule has 3 aromatic rings. The summed E-state index contributed by atoms with van der Waals surface area (Å²) in [6.07, 6.45) is 1.49. The van der Waals surface area contributed by atoms with Gasteiger partial charge in [0.15, 0.2) is 11.8 Å². The predicted octanol–water partition coefficient (Wildman–Crippen LogP) is 3.70. The number of anilines is 1. The van der Waals surface area contributed by atoms with Crippen LogP contribution in [0, 0.1) is 0 Å². The van der Waals surface area contributed by atoms with Crippen LogP contribution in [0.3, 0.4) is 0 Å². The van der Waals surface area contributed by atoms with Crippen molar-refractivity contribution >= 4 is 29.2 Å². The van der Waals surface area contributed by atoms with Crippen LogP contribution in [-0.2, 0) is 16.1 Å². The van der Waals surface area contributed by atoms with Gasteiger partial charge >= 0.3 is 5.97 Å². The van der Waals surface area contributed by atoms with E-state index in [1.807, 2.05) is 30.3 Å². The van der Waals surface area contributed by atoms with Crippen LogP contribution in [0.1, 0.15) is 16.3 Å². The molecule has 138 valence electrons. The Morgan fingerprint density at radius 2 is 1.89 bits per heavy atom. The number of aromatic nitrogens is 1. The molecule has 27 heavy (non-hydrogen) atoms. The summed E-state index contributed by atoms with van der Waals surface area (Å²) >= 11 is 5.84. The second-order valence-electron chi connectivity index (χ2n) is 5.33. The Kier molecular flexibility index (Phi) is 6.06. The third kappa shape index (κ3) is 5.32. The van der Waals surface area contributed by atoms with Crippen molar-refractivity contribution in [3.05, 3.63) is 77.5 Å². The molecule has 2 heterocycles. The van der Waals surface area contributed by atoms with E-state index in [1.54, 1.807) is 18.2 Å². The number of carbonyl (C=O) groups excluding carboxylic acids is 2. The van der Waals surface area contributed by atoms with Crippen molar-refractivity contribution in [3.63, 3.8) is 0 Å². The molecule has 7 nitrogen and oxygen atoms in total. The van der Waals surface area contributed by atoms with E-state index < -0.39 is 18.5 Å². The zero-order valence-corrected chi connectivity index (χ0v) is 14.8. The summed E-state index contributed by atoms with van der Waals surface area (Å²) < 4.78 is 15.8. The molecule has 0 saturated heterocycles. The van der Waals surface area contributed by atoms with E-state index >= 15 is 0 Å². The second kappa shape index (κ2) is 8.86. The van der Waals surface area contributed by atoms with Crippen molar-refractivity contribution in [2.24, 2.45) is 0 Å². The molecule has 0 atom stereocenters. The number of ether oxygens (including phenoxy) is 2. The predicted molar refractivity (Wildman–Crippen MR) is 97.6 cm³/mol. The minimum atomic E-state index is -0.756. The van der Waals surface area contributed by atoms with Crippen LogP contribution in [0.4, 0.5) is 5.69 Å². The number of para-hydroxylation sites is 1. The zero-order chi connectivity index (χ0) is 19.1. The van der Waals surface area contributed by atoms with Crippen LogP contribution in [0.5, 0.6) is 5.75 Å². The first-order valence-electron chi connectivity index (χ1n) is 7.96. The Balaban J connectivity index is 1.47. The molecule has 0 saturated carbocycles. The minimum Gasteiger partial charge on any atom is -0.486 e. The van der Waals surface area contributed by atoms with Crippen molar-refractivity contribution in [2.75, 3.05) is 11.9 Å². The number of nitrogens with one attached hydrogen (secondary N) is 1. The van der Waals surface area contributed by atoms with Crippen molar-refractivity contribution in [1.82, 2.24) is 4.98 Å². The summed E-state index contributed by atoms with van der Waals surface area (Å²) in [7, 11) is 0. The summed E-state index contributed by atoms with van der Waals surface area (Å²) in [6.45, 7) is -0.322. The van der Waals surface area contributed by atoms with Gasteiger partial charge in [0.1, 0.15) is 18.1 Å². The van der Waals surface area contributed by atoms with E-state index in [4.69, 9.17) is 25.5 Å². The van der Waals surface area contributed by atoms with Gasteiger partial charge in [-0.25, -0.2) is 9.78 Å². The van der Waals surface area contributed by atoms with Crippen molar-refractivity contribution in [3.8, 4) is 5.75 Å². The van der Waals surface area contributed by atoms with E-state index in [2.05, 4.69) is 10.3 Å². The first-order valence-corrected chi connectivity index (χ1v) is 8.33. The summed E-state index contributed by atoms with van der Waals surface area (Å²) in [6, 6.07) is 15.5. The van der Waals surface area contributed by atoms with Gasteiger partial charge in [-0.1, -0.05) is 29.8 Å². The number of nitrogens with zero attached hydrogens (tertiary/aromatic N) is 1. The fourth-order valence-corrected chi connectivity index (χ4v) is 2.27. The van der Waals surface area contributed by atoms with Crippen LogP contribution >= 0.6 is 11.6 Å². The van der Waals surface area contributed by atoms with Crippen LogP contribution in [-0.4, -0.2) is 23.5 Å². The van der Waals surface area contributed by atoms with E-state index in [0.717, 1.165) is 0 Å². The number of halogens is 1. The summed E-state index contributed by atoms with van der Waals surface area (Å²) in [5, 5.41) is 2.64. The highest BCUT2D eigenvalue weighted by atomic mass is 35.5. The molecule has 0 aliphatic carbocycles. The van der Waals surface area contributed by atoms with Gasteiger partial charge in [0.2, 0.25) is 5.76 Å². The number of carbonyl (C=O) groups is 2. The van der Waals surface area contributed by atoms with Crippen molar-refractivity contribution in [1.29, 1.82) is 0 Å². The lowest BCUT2D eigenvalue weighted by Crippen LogP contribution is -2.21. The van der Waals surface area contributed by atoms with Gasteiger partial charge in [0.05, 0.1) is 5.69 Å². The highest BCUT2D eigenvalue weighted by Gasteiger charge is 2.15. The van der Waals surface area contributed by atoms with Crippen LogP contribution < -0.4 is 10.1 Å². The molecule has 0 aliphatic heterocycles. The standard InChI is InChI=1S/C19H15ClN2O5/c20-18-15(7-4-10-21-18)22-17(23)12-26-19(24)16-9-8-14(27-16)11-25-13-5-2-1-3-6-13/h1-10H,11-12H2,(H,22,23). The molecule has 0 spiro atoms. The Morgan fingerprint density at radius 1 is 1.07 bits per heavy atom. The minimum absolute atomic E-state index is 0.0196. The van der Waals surface area contributed by atoms with Gasteiger partial charge in [0, 0.05) is 6.20 Å². The lowest BCUT2D eigenvalue weighted by atomic mass is 10.3. The first kappa shape index (κ1) is 18.5. The highest BCUT2D eigenvalue weighted by molar-refractivity contribution is 6.32. The highest BCUT2D eigenvalue weighted by Crippen LogP contribution is 2.17. The van der Waals surface area contributed by atoms with Crippen LogP contribution in [0.2, 0.25) is 5.15 Å². The maximum Gasteiger partial charge on any atom is 0.374 e. The van der Waals surface area contributed by atoms with Gasteiger partial charge in [-0.05, 0) is 36.4 Å². The number of esters is 1. The molecule has 2 aromatic heterocycles. The molecule has 1 N–H and O–H groups in total. The fourth-order valence-electron chi connectivity index (χ4n) is 2.10. The van der Waals surface area contributed by atoms with Crippen LogP contribution in [0.15, 0.2) is 65.2 Å². The SMILES string of the molecule is O=C(COC(=O)c1ccc(COc2ccccc2)o1)Nc1cccnc1Cl. The summed E-state index contributed by atoms with van der Waals surface area (Å²) in [5.41, 5.74) is 0.332. The van der Waals surface area contributed by atoms with Crippen LogP contribution in [0.25, 0.3) is 0 Å². The zero-order valence-electron chi connectivity index (χ0n) is 14.1. The van der Waals surface area contributed by atoms with Crippen molar-refractivity contribution in [2.45, 2.75) is 6.61 Å². The number of hydrogen-bond donors (Lipinski definition) is 1. The number of furan rings is 1. The van der Waals surface area contributed by atoms with E-state index in [1.165, 1.54) is 12.3 Å². The second-order valence-corrected chi connectivity index (χ2v) is 5.69. The number of rotatable bonds is 7. The maximum absolute atomic E-state index is 12.0. The van der Waals surface area contributed by atoms with Gasteiger partial charge in [-0.2, -0.15) is 0 Å².